The summed E-state index contributed by atoms with van der Waals surface area (Å²) < 4.78 is 9.41. The van der Waals surface area contributed by atoms with Gasteiger partial charge in [-0.3, -0.25) is 14.4 Å². The van der Waals surface area contributed by atoms with Crippen LogP contribution in [0.2, 0.25) is 0 Å². The lowest BCUT2D eigenvalue weighted by Gasteiger charge is -2.13. The summed E-state index contributed by atoms with van der Waals surface area (Å²) in [5.41, 5.74) is 0. The van der Waals surface area contributed by atoms with Crippen molar-refractivity contribution in [3.8, 4) is 0 Å². The van der Waals surface area contributed by atoms with Crippen LogP contribution in [-0.4, -0.2) is 74.7 Å². The lowest BCUT2D eigenvalue weighted by atomic mass is 10.2. The van der Waals surface area contributed by atoms with Crippen LogP contribution in [0.15, 0.2) is 0 Å². The summed E-state index contributed by atoms with van der Waals surface area (Å²) in [6.07, 6.45) is 1.21. The van der Waals surface area contributed by atoms with Gasteiger partial charge >= 0.3 is 5.97 Å². The van der Waals surface area contributed by atoms with E-state index in [4.69, 9.17) is 4.74 Å². The van der Waals surface area contributed by atoms with Crippen LogP contribution in [0.3, 0.4) is 0 Å². The highest BCUT2D eigenvalue weighted by molar-refractivity contribution is 8.00. The van der Waals surface area contributed by atoms with Gasteiger partial charge in [0.25, 0.3) is 0 Å². The average molecular weight is 348 g/mol. The molecular weight excluding hydrogens is 320 g/mol. The Morgan fingerprint density at radius 1 is 1.26 bits per heavy atom. The number of hydrogen-bond donors (Lipinski definition) is 1. The first-order valence-electron chi connectivity index (χ1n) is 7.54. The highest BCUT2D eigenvalue weighted by Crippen LogP contribution is 2.17. The summed E-state index contributed by atoms with van der Waals surface area (Å²) in [5, 5.41) is 2.35. The van der Waals surface area contributed by atoms with E-state index in [1.807, 2.05) is 14.1 Å². The number of amides is 1. The Kier molecular flexibility index (Phi) is 12.7. The standard InChI is InChI=1S/C15H28N2O5S/c1-12(18)13(10-15(20)22-11-21-4)23-9-6-14(19)16-7-5-8-17(2)3/h13H,5-11H2,1-4H3,(H,16,19). The SMILES string of the molecule is COCOC(=O)CC(SCCC(=O)NCCCN(C)C)C(C)=O. The van der Waals surface area contributed by atoms with Gasteiger partial charge in [0.2, 0.25) is 5.91 Å². The highest BCUT2D eigenvalue weighted by Gasteiger charge is 2.20. The lowest BCUT2D eigenvalue weighted by molar-refractivity contribution is -0.154. The minimum Gasteiger partial charge on any atom is -0.438 e. The lowest BCUT2D eigenvalue weighted by Crippen LogP contribution is -2.28. The molecule has 0 aromatic carbocycles. The van der Waals surface area contributed by atoms with Gasteiger partial charge in [-0.15, -0.1) is 11.8 Å². The van der Waals surface area contributed by atoms with Crippen LogP contribution in [0.4, 0.5) is 0 Å². The van der Waals surface area contributed by atoms with E-state index >= 15 is 0 Å². The second-order valence-corrected chi connectivity index (χ2v) is 6.66. The van der Waals surface area contributed by atoms with Crippen LogP contribution in [0.1, 0.15) is 26.2 Å². The first kappa shape index (κ1) is 21.9. The molecule has 0 radical (unpaired) electrons. The van der Waals surface area contributed by atoms with E-state index in [2.05, 4.69) is 15.0 Å². The number of carbonyl (C=O) groups excluding carboxylic acids is 3. The van der Waals surface area contributed by atoms with Gasteiger partial charge in [0.15, 0.2) is 6.79 Å². The summed E-state index contributed by atoms with van der Waals surface area (Å²) in [4.78, 5) is 36.8. The van der Waals surface area contributed by atoms with E-state index in [-0.39, 0.29) is 24.9 Å². The Balaban J connectivity index is 3.92. The van der Waals surface area contributed by atoms with Crippen molar-refractivity contribution in [3.05, 3.63) is 0 Å². The van der Waals surface area contributed by atoms with Crippen molar-refractivity contribution in [1.82, 2.24) is 10.2 Å². The zero-order valence-corrected chi connectivity index (χ0v) is 15.2. The Labute approximate surface area is 142 Å². The molecule has 1 N–H and O–H groups in total. The molecule has 0 aromatic heterocycles. The summed E-state index contributed by atoms with van der Waals surface area (Å²) in [6, 6.07) is 0. The van der Waals surface area contributed by atoms with Gasteiger partial charge in [0.05, 0.1) is 11.7 Å². The molecule has 0 aliphatic heterocycles. The quantitative estimate of drug-likeness (QED) is 0.297. The number of hydrogen-bond acceptors (Lipinski definition) is 7. The second-order valence-electron chi connectivity index (χ2n) is 5.35. The molecule has 0 fully saturated rings. The number of rotatable bonds is 13. The summed E-state index contributed by atoms with van der Waals surface area (Å²) in [7, 11) is 5.39. The fourth-order valence-electron chi connectivity index (χ4n) is 1.66. The van der Waals surface area contributed by atoms with E-state index in [0.717, 1.165) is 13.0 Å². The number of nitrogens with zero attached hydrogens (tertiary/aromatic N) is 1. The first-order valence-corrected chi connectivity index (χ1v) is 8.59. The predicted molar refractivity (Wildman–Crippen MR) is 90.3 cm³/mol. The molecule has 0 heterocycles. The van der Waals surface area contributed by atoms with Crippen LogP contribution in [0, 0.1) is 0 Å². The average Bonchev–Trinajstić information content (AvgIpc) is 2.48. The van der Waals surface area contributed by atoms with Crippen molar-refractivity contribution >= 4 is 29.4 Å². The van der Waals surface area contributed by atoms with Crippen molar-refractivity contribution in [1.29, 1.82) is 0 Å². The van der Waals surface area contributed by atoms with Gasteiger partial charge in [-0.1, -0.05) is 0 Å². The number of carbonyl (C=O) groups is 3. The van der Waals surface area contributed by atoms with E-state index in [1.165, 1.54) is 25.8 Å². The van der Waals surface area contributed by atoms with E-state index in [1.54, 1.807) is 0 Å². The van der Waals surface area contributed by atoms with Crippen molar-refractivity contribution in [2.24, 2.45) is 0 Å². The van der Waals surface area contributed by atoms with Gasteiger partial charge in [-0.25, -0.2) is 0 Å². The molecule has 1 unspecified atom stereocenters. The number of methoxy groups -OCH3 is 1. The van der Waals surface area contributed by atoms with Gasteiger partial charge in [-0.05, 0) is 34.0 Å². The molecule has 8 heteroatoms. The summed E-state index contributed by atoms with van der Waals surface area (Å²) >= 11 is 1.30. The Bertz CT molecular complexity index is 377. The fourth-order valence-corrected chi connectivity index (χ4v) is 2.74. The second kappa shape index (κ2) is 13.3. The Hall–Kier alpha value is -1.12. The minimum atomic E-state index is -0.485. The Morgan fingerprint density at radius 3 is 2.52 bits per heavy atom. The zero-order valence-electron chi connectivity index (χ0n) is 14.4. The van der Waals surface area contributed by atoms with Gasteiger partial charge in [-0.2, -0.15) is 0 Å². The highest BCUT2D eigenvalue weighted by atomic mass is 32.2. The maximum atomic E-state index is 11.7. The van der Waals surface area contributed by atoms with Crippen molar-refractivity contribution in [3.63, 3.8) is 0 Å². The molecule has 1 atom stereocenters. The number of esters is 1. The number of ketones is 1. The minimum absolute atomic E-state index is 0.00614. The number of Topliss-reactive ketones (excluding diaryl/α,β-unsaturated/α-hetero) is 1. The molecule has 0 rings (SSSR count). The van der Waals surface area contributed by atoms with Gasteiger partial charge < -0.3 is 19.7 Å². The first-order chi connectivity index (χ1) is 10.9. The Morgan fingerprint density at radius 2 is 1.96 bits per heavy atom. The molecule has 23 heavy (non-hydrogen) atoms. The van der Waals surface area contributed by atoms with E-state index < -0.39 is 11.2 Å². The van der Waals surface area contributed by atoms with Crippen molar-refractivity contribution in [2.45, 2.75) is 31.4 Å². The fraction of sp³-hybridized carbons (Fsp3) is 0.800. The smallest absolute Gasteiger partial charge is 0.309 e. The molecule has 0 saturated heterocycles. The molecule has 0 bridgehead atoms. The summed E-state index contributed by atoms with van der Waals surface area (Å²) in [5.74, 6) is -0.134. The largest absolute Gasteiger partial charge is 0.438 e. The molecule has 0 aromatic rings. The predicted octanol–water partition coefficient (Wildman–Crippen LogP) is 0.672. The number of nitrogens with one attached hydrogen (secondary N) is 1. The molecule has 1 amide bonds. The van der Waals surface area contributed by atoms with Crippen molar-refractivity contribution < 1.29 is 23.9 Å². The molecular formula is C15H28N2O5S. The maximum Gasteiger partial charge on any atom is 0.309 e. The molecule has 134 valence electrons. The van der Waals surface area contributed by atoms with Crippen LogP contribution in [0.25, 0.3) is 0 Å². The third kappa shape index (κ3) is 13.1. The normalized spacial score (nSPS) is 12.0. The number of thioether (sulfide) groups is 1. The zero-order chi connectivity index (χ0) is 17.7. The van der Waals surface area contributed by atoms with Gasteiger partial charge in [0.1, 0.15) is 5.78 Å². The van der Waals surface area contributed by atoms with Gasteiger partial charge in [0, 0.05) is 25.8 Å². The monoisotopic (exact) mass is 348 g/mol. The topological polar surface area (TPSA) is 84.9 Å². The maximum absolute atomic E-state index is 11.7. The molecule has 0 aliphatic carbocycles. The molecule has 0 saturated carbocycles. The van der Waals surface area contributed by atoms with E-state index in [0.29, 0.717) is 18.7 Å². The van der Waals surface area contributed by atoms with Crippen LogP contribution < -0.4 is 5.32 Å². The molecule has 0 aliphatic rings. The third-order valence-corrected chi connectivity index (χ3v) is 4.24. The summed E-state index contributed by atoms with van der Waals surface area (Å²) in [6.45, 7) is 2.87. The third-order valence-electron chi connectivity index (χ3n) is 2.90. The number of ether oxygens (including phenoxy) is 2. The molecule has 0 spiro atoms. The van der Waals surface area contributed by atoms with Crippen LogP contribution in [-0.2, 0) is 23.9 Å². The van der Waals surface area contributed by atoms with Crippen LogP contribution >= 0.6 is 11.8 Å². The van der Waals surface area contributed by atoms with E-state index in [9.17, 15) is 14.4 Å². The molecule has 7 nitrogen and oxygen atoms in total. The van der Waals surface area contributed by atoms with Crippen molar-refractivity contribution in [2.75, 3.05) is 46.8 Å². The van der Waals surface area contributed by atoms with Crippen LogP contribution in [0.5, 0.6) is 0 Å².